The number of carbonyl (C=O) groups is 4. The fourth-order valence-corrected chi connectivity index (χ4v) is 3.88. The number of esters is 2. The smallest absolute Gasteiger partial charge is 0.325 e. The Kier molecular flexibility index (Phi) is 14.4. The van der Waals surface area contributed by atoms with E-state index in [1.54, 1.807) is 18.7 Å². The molecular formula is C27H42N2O6. The van der Waals surface area contributed by atoms with Crippen LogP contribution in [0.4, 0.5) is 0 Å². The highest BCUT2D eigenvalue weighted by atomic mass is 16.5. The van der Waals surface area contributed by atoms with E-state index in [-0.39, 0.29) is 62.2 Å². The van der Waals surface area contributed by atoms with Gasteiger partial charge in [0.2, 0.25) is 11.8 Å². The lowest BCUT2D eigenvalue weighted by atomic mass is 9.91. The fraction of sp³-hybridized carbons (Fsp3) is 0.630. The minimum Gasteiger partial charge on any atom is -0.466 e. The van der Waals surface area contributed by atoms with Crippen LogP contribution in [0.3, 0.4) is 0 Å². The van der Waals surface area contributed by atoms with Gasteiger partial charge in [-0.05, 0) is 38.2 Å². The Morgan fingerprint density at radius 1 is 0.914 bits per heavy atom. The van der Waals surface area contributed by atoms with Gasteiger partial charge < -0.3 is 19.7 Å². The molecule has 0 radical (unpaired) electrons. The third-order valence-corrected chi connectivity index (χ3v) is 5.57. The molecule has 2 amide bonds. The van der Waals surface area contributed by atoms with Gasteiger partial charge in [0.05, 0.1) is 19.6 Å². The zero-order valence-electron chi connectivity index (χ0n) is 21.9. The Morgan fingerprint density at radius 3 is 2.11 bits per heavy atom. The molecular weight excluding hydrogens is 448 g/mol. The molecule has 0 saturated heterocycles. The molecule has 0 spiro atoms. The molecule has 0 aliphatic carbocycles. The van der Waals surface area contributed by atoms with E-state index < -0.39 is 12.0 Å². The monoisotopic (exact) mass is 490 g/mol. The molecule has 196 valence electrons. The van der Waals surface area contributed by atoms with Crippen LogP contribution in [0.15, 0.2) is 30.3 Å². The zero-order valence-corrected chi connectivity index (χ0v) is 21.9. The van der Waals surface area contributed by atoms with Crippen molar-refractivity contribution < 1.29 is 28.7 Å². The molecule has 0 saturated carbocycles. The van der Waals surface area contributed by atoms with Crippen LogP contribution in [0, 0.1) is 5.92 Å². The van der Waals surface area contributed by atoms with Crippen molar-refractivity contribution in [1.82, 2.24) is 10.2 Å². The van der Waals surface area contributed by atoms with E-state index in [9.17, 15) is 19.2 Å². The maximum Gasteiger partial charge on any atom is 0.325 e. The third kappa shape index (κ3) is 11.4. The first kappa shape index (κ1) is 30.1. The highest BCUT2D eigenvalue weighted by Crippen LogP contribution is 2.26. The molecule has 0 unspecified atom stereocenters. The van der Waals surface area contributed by atoms with Crippen molar-refractivity contribution in [2.24, 2.45) is 5.92 Å². The van der Waals surface area contributed by atoms with E-state index >= 15 is 0 Å². The van der Waals surface area contributed by atoms with Gasteiger partial charge in [-0.2, -0.15) is 0 Å². The summed E-state index contributed by atoms with van der Waals surface area (Å²) in [6.45, 7) is 10.1. The standard InChI is InChI=1S/C27H42N2O6/c1-6-9-15-29(23(16-20(4)5)27(33)28-19-26(32)35-8-3)24(30)17-22(18-25(31)34-7-2)21-13-11-10-12-14-21/h10-14,20,22-23H,6-9,15-19H2,1-5H3,(H,28,33)/t22-,23+/m1/s1. The van der Waals surface area contributed by atoms with E-state index in [2.05, 4.69) is 5.32 Å². The molecule has 2 atom stereocenters. The molecule has 0 bridgehead atoms. The molecule has 8 nitrogen and oxygen atoms in total. The van der Waals surface area contributed by atoms with Crippen LogP contribution in [-0.2, 0) is 28.7 Å². The van der Waals surface area contributed by atoms with E-state index in [1.807, 2.05) is 51.1 Å². The predicted molar refractivity (Wildman–Crippen MR) is 135 cm³/mol. The van der Waals surface area contributed by atoms with E-state index in [0.717, 1.165) is 18.4 Å². The van der Waals surface area contributed by atoms with Crippen LogP contribution in [0.1, 0.15) is 78.2 Å². The summed E-state index contributed by atoms with van der Waals surface area (Å²) >= 11 is 0. The van der Waals surface area contributed by atoms with Gasteiger partial charge in [-0.15, -0.1) is 0 Å². The lowest BCUT2D eigenvalue weighted by molar-refractivity contribution is -0.145. The van der Waals surface area contributed by atoms with Gasteiger partial charge in [0.1, 0.15) is 12.6 Å². The van der Waals surface area contributed by atoms with Crippen molar-refractivity contribution in [3.05, 3.63) is 35.9 Å². The van der Waals surface area contributed by atoms with Crippen LogP contribution in [-0.4, -0.2) is 61.0 Å². The number of amides is 2. The van der Waals surface area contributed by atoms with Gasteiger partial charge in [0.25, 0.3) is 0 Å². The number of ether oxygens (including phenoxy) is 2. The second kappa shape index (κ2) is 16.7. The first-order valence-electron chi connectivity index (χ1n) is 12.7. The van der Waals surface area contributed by atoms with Gasteiger partial charge in [-0.25, -0.2) is 0 Å². The third-order valence-electron chi connectivity index (χ3n) is 5.57. The first-order valence-corrected chi connectivity index (χ1v) is 12.7. The Morgan fingerprint density at radius 2 is 1.54 bits per heavy atom. The Labute approximate surface area is 209 Å². The van der Waals surface area contributed by atoms with Crippen molar-refractivity contribution >= 4 is 23.8 Å². The number of unbranched alkanes of at least 4 members (excludes halogenated alkanes) is 1. The summed E-state index contributed by atoms with van der Waals surface area (Å²) in [6.07, 6.45) is 2.20. The van der Waals surface area contributed by atoms with Crippen molar-refractivity contribution in [2.45, 2.75) is 78.7 Å². The normalized spacial score (nSPS) is 12.5. The summed E-state index contributed by atoms with van der Waals surface area (Å²) in [5, 5.41) is 2.64. The number of hydrogen-bond donors (Lipinski definition) is 1. The maximum absolute atomic E-state index is 13.6. The number of benzene rings is 1. The van der Waals surface area contributed by atoms with Crippen LogP contribution < -0.4 is 5.32 Å². The first-order chi connectivity index (χ1) is 16.7. The summed E-state index contributed by atoms with van der Waals surface area (Å²) in [5.41, 5.74) is 0.872. The summed E-state index contributed by atoms with van der Waals surface area (Å²) < 4.78 is 10.0. The second-order valence-electron chi connectivity index (χ2n) is 8.93. The topological polar surface area (TPSA) is 102 Å². The lowest BCUT2D eigenvalue weighted by Gasteiger charge is -2.33. The number of rotatable bonds is 16. The van der Waals surface area contributed by atoms with Crippen LogP contribution in [0.25, 0.3) is 0 Å². The highest BCUT2D eigenvalue weighted by molar-refractivity contribution is 5.90. The van der Waals surface area contributed by atoms with E-state index in [1.165, 1.54) is 0 Å². The van der Waals surface area contributed by atoms with E-state index in [0.29, 0.717) is 13.0 Å². The molecule has 8 heteroatoms. The van der Waals surface area contributed by atoms with Gasteiger partial charge in [-0.3, -0.25) is 19.2 Å². The number of nitrogens with zero attached hydrogens (tertiary/aromatic N) is 1. The van der Waals surface area contributed by atoms with Crippen molar-refractivity contribution in [3.8, 4) is 0 Å². The Hall–Kier alpha value is -2.90. The SMILES string of the molecule is CCCCN(C(=O)C[C@H](CC(=O)OCC)c1ccccc1)[C@@H](CC(C)C)C(=O)NCC(=O)OCC. The van der Waals surface area contributed by atoms with Gasteiger partial charge in [-0.1, -0.05) is 57.5 Å². The van der Waals surface area contributed by atoms with E-state index in [4.69, 9.17) is 9.47 Å². The average molecular weight is 491 g/mol. The van der Waals surface area contributed by atoms with Gasteiger partial charge in [0.15, 0.2) is 0 Å². The molecule has 1 aromatic carbocycles. The summed E-state index contributed by atoms with van der Waals surface area (Å²) in [4.78, 5) is 52.4. The molecule has 0 aromatic heterocycles. The summed E-state index contributed by atoms with van der Waals surface area (Å²) in [6, 6.07) is 8.69. The number of hydrogen-bond acceptors (Lipinski definition) is 6. The van der Waals surface area contributed by atoms with Crippen LogP contribution in [0.5, 0.6) is 0 Å². The second-order valence-corrected chi connectivity index (χ2v) is 8.93. The largest absolute Gasteiger partial charge is 0.466 e. The molecule has 0 heterocycles. The lowest BCUT2D eigenvalue weighted by Crippen LogP contribution is -2.51. The van der Waals surface area contributed by atoms with Crippen LogP contribution >= 0.6 is 0 Å². The van der Waals surface area contributed by atoms with Crippen LogP contribution in [0.2, 0.25) is 0 Å². The molecule has 1 rings (SSSR count). The number of carbonyl (C=O) groups excluding carboxylic acids is 4. The van der Waals surface area contributed by atoms with Crippen molar-refractivity contribution in [2.75, 3.05) is 26.3 Å². The number of nitrogens with one attached hydrogen (secondary N) is 1. The van der Waals surface area contributed by atoms with Gasteiger partial charge in [0, 0.05) is 18.9 Å². The molecule has 0 aliphatic heterocycles. The fourth-order valence-electron chi connectivity index (χ4n) is 3.88. The molecule has 1 N–H and O–H groups in total. The Balaban J connectivity index is 3.16. The van der Waals surface area contributed by atoms with Crippen molar-refractivity contribution in [3.63, 3.8) is 0 Å². The highest BCUT2D eigenvalue weighted by Gasteiger charge is 2.32. The minimum absolute atomic E-state index is 0.0757. The Bertz CT molecular complexity index is 796. The molecule has 0 aliphatic rings. The molecule has 1 aromatic rings. The maximum atomic E-state index is 13.6. The zero-order chi connectivity index (χ0) is 26.2. The summed E-state index contributed by atoms with van der Waals surface area (Å²) in [7, 11) is 0. The summed E-state index contributed by atoms with van der Waals surface area (Å²) in [5.74, 6) is -1.68. The van der Waals surface area contributed by atoms with Gasteiger partial charge >= 0.3 is 11.9 Å². The average Bonchev–Trinajstić information content (AvgIpc) is 2.82. The quantitative estimate of drug-likeness (QED) is 0.353. The predicted octanol–water partition coefficient (Wildman–Crippen LogP) is 3.84. The minimum atomic E-state index is -0.720. The van der Waals surface area contributed by atoms with Crippen molar-refractivity contribution in [1.29, 1.82) is 0 Å². The molecule has 35 heavy (non-hydrogen) atoms. The molecule has 0 fully saturated rings.